The van der Waals surface area contributed by atoms with Crippen LogP contribution < -0.4 is 5.32 Å². The van der Waals surface area contributed by atoms with Gasteiger partial charge in [-0.25, -0.2) is 4.39 Å². The van der Waals surface area contributed by atoms with Gasteiger partial charge in [-0.15, -0.1) is 0 Å². The first-order chi connectivity index (χ1) is 9.63. The maximum atomic E-state index is 13.7. The van der Waals surface area contributed by atoms with E-state index in [2.05, 4.69) is 17.3 Å². The summed E-state index contributed by atoms with van der Waals surface area (Å²) in [6.07, 6.45) is 1.11. The molecule has 3 nitrogen and oxygen atoms in total. The third-order valence-electron chi connectivity index (χ3n) is 3.54. The van der Waals surface area contributed by atoms with Crippen LogP contribution in [0.25, 0.3) is 0 Å². The standard InChI is InChI=1S/C16H22FN3/c1-4-9-18-10-15-12(2)19-20(13(15)3)11-14-7-5-6-8-16(14)17/h5-8,18H,4,9-11H2,1-3H3. The molecule has 1 aromatic heterocycles. The minimum absolute atomic E-state index is 0.175. The van der Waals surface area contributed by atoms with E-state index in [0.29, 0.717) is 12.1 Å². The smallest absolute Gasteiger partial charge is 0.128 e. The fourth-order valence-electron chi connectivity index (χ4n) is 2.32. The molecule has 2 aromatic rings. The van der Waals surface area contributed by atoms with Crippen LogP contribution in [-0.4, -0.2) is 16.3 Å². The molecule has 108 valence electrons. The van der Waals surface area contributed by atoms with E-state index in [-0.39, 0.29) is 5.82 Å². The number of benzene rings is 1. The van der Waals surface area contributed by atoms with E-state index >= 15 is 0 Å². The molecule has 1 N–H and O–H groups in total. The van der Waals surface area contributed by atoms with E-state index in [4.69, 9.17) is 0 Å². The van der Waals surface area contributed by atoms with Gasteiger partial charge >= 0.3 is 0 Å². The molecular weight excluding hydrogens is 253 g/mol. The third kappa shape index (κ3) is 3.25. The van der Waals surface area contributed by atoms with Crippen molar-refractivity contribution in [2.75, 3.05) is 6.54 Å². The number of hydrogen-bond acceptors (Lipinski definition) is 2. The zero-order valence-electron chi connectivity index (χ0n) is 12.4. The lowest BCUT2D eigenvalue weighted by Crippen LogP contribution is -2.15. The van der Waals surface area contributed by atoms with Crippen molar-refractivity contribution in [1.82, 2.24) is 15.1 Å². The van der Waals surface area contributed by atoms with Gasteiger partial charge in [-0.3, -0.25) is 4.68 Å². The normalized spacial score (nSPS) is 11.0. The van der Waals surface area contributed by atoms with E-state index in [9.17, 15) is 4.39 Å². The molecule has 0 aliphatic carbocycles. The monoisotopic (exact) mass is 275 g/mol. The molecule has 0 fully saturated rings. The van der Waals surface area contributed by atoms with Crippen LogP contribution in [0.5, 0.6) is 0 Å². The van der Waals surface area contributed by atoms with Crippen molar-refractivity contribution in [3.8, 4) is 0 Å². The highest BCUT2D eigenvalue weighted by molar-refractivity contribution is 5.26. The van der Waals surface area contributed by atoms with E-state index in [1.165, 1.54) is 11.6 Å². The molecule has 0 aliphatic rings. The topological polar surface area (TPSA) is 29.9 Å². The number of aryl methyl sites for hydroxylation is 1. The summed E-state index contributed by atoms with van der Waals surface area (Å²) < 4.78 is 15.6. The highest BCUT2D eigenvalue weighted by atomic mass is 19.1. The van der Waals surface area contributed by atoms with Crippen LogP contribution in [0.3, 0.4) is 0 Å². The van der Waals surface area contributed by atoms with Gasteiger partial charge in [0.25, 0.3) is 0 Å². The van der Waals surface area contributed by atoms with Crippen molar-refractivity contribution in [2.24, 2.45) is 0 Å². The van der Waals surface area contributed by atoms with Crippen LogP contribution in [0.15, 0.2) is 24.3 Å². The van der Waals surface area contributed by atoms with Crippen LogP contribution in [0, 0.1) is 19.7 Å². The molecule has 1 aromatic carbocycles. The zero-order valence-corrected chi connectivity index (χ0v) is 12.4. The molecule has 0 saturated carbocycles. The molecule has 0 saturated heterocycles. The van der Waals surface area contributed by atoms with Gasteiger partial charge in [-0.1, -0.05) is 25.1 Å². The van der Waals surface area contributed by atoms with E-state index in [1.54, 1.807) is 12.1 Å². The average Bonchev–Trinajstić information content (AvgIpc) is 2.69. The maximum absolute atomic E-state index is 13.7. The largest absolute Gasteiger partial charge is 0.313 e. The number of hydrogen-bond donors (Lipinski definition) is 1. The molecule has 1 heterocycles. The van der Waals surface area contributed by atoms with E-state index in [1.807, 2.05) is 24.6 Å². The highest BCUT2D eigenvalue weighted by Gasteiger charge is 2.12. The first kappa shape index (κ1) is 14.7. The number of nitrogens with one attached hydrogen (secondary N) is 1. The highest BCUT2D eigenvalue weighted by Crippen LogP contribution is 2.16. The molecule has 0 bridgehead atoms. The Bertz CT molecular complexity index is 575. The lowest BCUT2D eigenvalue weighted by molar-refractivity contribution is 0.578. The first-order valence-electron chi connectivity index (χ1n) is 7.10. The van der Waals surface area contributed by atoms with E-state index in [0.717, 1.165) is 30.9 Å². The van der Waals surface area contributed by atoms with Gasteiger partial charge in [-0.2, -0.15) is 5.10 Å². The molecule has 20 heavy (non-hydrogen) atoms. The number of aromatic nitrogens is 2. The van der Waals surface area contributed by atoms with Gasteiger partial charge in [0.15, 0.2) is 0 Å². The van der Waals surface area contributed by atoms with Crippen molar-refractivity contribution < 1.29 is 4.39 Å². The predicted molar refractivity (Wildman–Crippen MR) is 79.2 cm³/mol. The summed E-state index contributed by atoms with van der Waals surface area (Å²) in [5, 5.41) is 7.93. The van der Waals surface area contributed by atoms with Crippen LogP contribution in [0.2, 0.25) is 0 Å². The molecule has 2 rings (SSSR count). The van der Waals surface area contributed by atoms with Crippen molar-refractivity contribution in [3.63, 3.8) is 0 Å². The lowest BCUT2D eigenvalue weighted by Gasteiger charge is -2.07. The number of nitrogens with zero attached hydrogens (tertiary/aromatic N) is 2. The van der Waals surface area contributed by atoms with Crippen LogP contribution >= 0.6 is 0 Å². The Morgan fingerprint density at radius 3 is 2.70 bits per heavy atom. The Balaban J connectivity index is 2.17. The van der Waals surface area contributed by atoms with Gasteiger partial charge in [0.05, 0.1) is 12.2 Å². The summed E-state index contributed by atoms with van der Waals surface area (Å²) in [5.41, 5.74) is 4.01. The predicted octanol–water partition coefficient (Wildman–Crippen LogP) is 3.19. The Labute approximate surface area is 119 Å². The minimum Gasteiger partial charge on any atom is -0.313 e. The summed E-state index contributed by atoms with van der Waals surface area (Å²) in [7, 11) is 0. The molecule has 0 radical (unpaired) electrons. The number of rotatable bonds is 6. The first-order valence-corrected chi connectivity index (χ1v) is 7.10. The zero-order chi connectivity index (χ0) is 14.5. The number of halogens is 1. The van der Waals surface area contributed by atoms with Crippen LogP contribution in [0.4, 0.5) is 4.39 Å². The summed E-state index contributed by atoms with van der Waals surface area (Å²) >= 11 is 0. The summed E-state index contributed by atoms with van der Waals surface area (Å²) in [4.78, 5) is 0. The summed E-state index contributed by atoms with van der Waals surface area (Å²) in [5.74, 6) is -0.175. The average molecular weight is 275 g/mol. The van der Waals surface area contributed by atoms with Crippen molar-refractivity contribution >= 4 is 0 Å². The second kappa shape index (κ2) is 6.66. The third-order valence-corrected chi connectivity index (χ3v) is 3.54. The molecule has 0 unspecified atom stereocenters. The van der Waals surface area contributed by atoms with Gasteiger partial charge < -0.3 is 5.32 Å². The second-order valence-electron chi connectivity index (χ2n) is 5.08. The fourth-order valence-corrected chi connectivity index (χ4v) is 2.32. The maximum Gasteiger partial charge on any atom is 0.128 e. The molecule has 4 heteroatoms. The minimum atomic E-state index is -0.175. The van der Waals surface area contributed by atoms with Crippen molar-refractivity contribution in [1.29, 1.82) is 0 Å². The Morgan fingerprint density at radius 2 is 2.00 bits per heavy atom. The van der Waals surface area contributed by atoms with Crippen molar-refractivity contribution in [3.05, 3.63) is 52.6 Å². The summed E-state index contributed by atoms with van der Waals surface area (Å²) in [6, 6.07) is 6.86. The Kier molecular flexibility index (Phi) is 4.90. The Morgan fingerprint density at radius 1 is 1.25 bits per heavy atom. The summed E-state index contributed by atoms with van der Waals surface area (Å²) in [6.45, 7) is 8.50. The molecular formula is C16H22FN3. The van der Waals surface area contributed by atoms with Gasteiger partial charge in [0, 0.05) is 23.4 Å². The quantitative estimate of drug-likeness (QED) is 0.821. The molecule has 0 spiro atoms. The van der Waals surface area contributed by atoms with Crippen molar-refractivity contribution in [2.45, 2.75) is 40.3 Å². The molecule has 0 aliphatic heterocycles. The van der Waals surface area contributed by atoms with E-state index < -0.39 is 0 Å². The Hall–Kier alpha value is -1.68. The second-order valence-corrected chi connectivity index (χ2v) is 5.08. The van der Waals surface area contributed by atoms with Gasteiger partial charge in [-0.05, 0) is 32.9 Å². The van der Waals surface area contributed by atoms with Crippen LogP contribution in [0.1, 0.15) is 35.9 Å². The van der Waals surface area contributed by atoms with Crippen LogP contribution in [-0.2, 0) is 13.1 Å². The lowest BCUT2D eigenvalue weighted by atomic mass is 10.2. The van der Waals surface area contributed by atoms with Gasteiger partial charge in [0.2, 0.25) is 0 Å². The SMILES string of the molecule is CCCNCc1c(C)nn(Cc2ccccc2F)c1C. The fraction of sp³-hybridized carbons (Fsp3) is 0.438. The molecule has 0 amide bonds. The molecule has 0 atom stereocenters. The van der Waals surface area contributed by atoms with Gasteiger partial charge in [0.1, 0.15) is 5.82 Å².